The molecule has 0 aliphatic rings. The van der Waals surface area contributed by atoms with E-state index < -0.39 is 0 Å². The highest BCUT2D eigenvalue weighted by Crippen LogP contribution is 2.13. The summed E-state index contributed by atoms with van der Waals surface area (Å²) in [7, 11) is 0. The Labute approximate surface area is 109 Å². The largest absolute Gasteiger partial charge is 1.00 e. The van der Waals surface area contributed by atoms with Crippen LogP contribution in [0.25, 0.3) is 0 Å². The molecule has 1 atom stereocenters. The number of benzene rings is 1. The molecule has 3 heteroatoms. The van der Waals surface area contributed by atoms with Gasteiger partial charge in [0.1, 0.15) is 0 Å². The van der Waals surface area contributed by atoms with Crippen molar-refractivity contribution in [3.05, 3.63) is 59.9 Å². The standard InChI is InChI=1S/C14H16N2.ClH/c1-11-10-16(9-8-14(11)15)12(2)13-6-4-3-5-7-13;/h3-10,12,15H,1-2H3;1H. The van der Waals surface area contributed by atoms with Crippen molar-refractivity contribution in [1.82, 2.24) is 0 Å². The third-order valence-corrected chi connectivity index (χ3v) is 2.95. The molecule has 17 heavy (non-hydrogen) atoms. The summed E-state index contributed by atoms with van der Waals surface area (Å²) in [6.07, 6.45) is 4.12. The fourth-order valence-corrected chi connectivity index (χ4v) is 1.78. The predicted molar refractivity (Wildman–Crippen MR) is 66.0 cm³/mol. The molecular weight excluding hydrogens is 232 g/mol. The molecule has 0 saturated heterocycles. The third-order valence-electron chi connectivity index (χ3n) is 2.95. The van der Waals surface area contributed by atoms with Crippen molar-refractivity contribution in [1.29, 1.82) is 0 Å². The molecule has 0 fully saturated rings. The normalized spacial score (nSPS) is 11.6. The molecule has 1 aromatic carbocycles. The zero-order chi connectivity index (χ0) is 11.5. The van der Waals surface area contributed by atoms with Gasteiger partial charge in [-0.3, -0.25) is 0 Å². The maximum atomic E-state index is 5.81. The Bertz CT molecular complexity index is 483. The maximum Gasteiger partial charge on any atom is 0.180 e. The number of aryl methyl sites for hydroxylation is 1. The van der Waals surface area contributed by atoms with Crippen molar-refractivity contribution in [3.63, 3.8) is 0 Å². The Morgan fingerprint density at radius 2 is 1.76 bits per heavy atom. The van der Waals surface area contributed by atoms with Crippen LogP contribution in [0, 0.1) is 6.92 Å². The lowest BCUT2D eigenvalue weighted by Gasteiger charge is -2.08. The highest BCUT2D eigenvalue weighted by molar-refractivity contribution is 5.41. The van der Waals surface area contributed by atoms with Crippen LogP contribution in [-0.4, -0.2) is 0 Å². The number of rotatable bonds is 2. The Morgan fingerprint density at radius 3 is 2.35 bits per heavy atom. The van der Waals surface area contributed by atoms with Crippen LogP contribution >= 0.6 is 0 Å². The van der Waals surface area contributed by atoms with E-state index in [9.17, 15) is 0 Å². The SMILES string of the molecule is Cc1c[n+](C(C)c2ccccc2)ccc1N.[Cl-]. The Balaban J connectivity index is 0.00000144. The molecule has 0 saturated carbocycles. The fraction of sp³-hybridized carbons (Fsp3) is 0.214. The summed E-state index contributed by atoms with van der Waals surface area (Å²) in [6, 6.07) is 12.7. The summed E-state index contributed by atoms with van der Waals surface area (Å²) in [6.45, 7) is 4.22. The summed E-state index contributed by atoms with van der Waals surface area (Å²) in [5, 5.41) is 0. The maximum absolute atomic E-state index is 5.81. The lowest BCUT2D eigenvalue weighted by molar-refractivity contribution is -0.710. The van der Waals surface area contributed by atoms with Crippen LogP contribution in [0.1, 0.15) is 24.1 Å². The molecule has 1 aromatic heterocycles. The molecule has 2 N–H and O–H groups in total. The minimum atomic E-state index is 0. The second kappa shape index (κ2) is 5.69. The van der Waals surface area contributed by atoms with Gasteiger partial charge in [0, 0.05) is 29.8 Å². The van der Waals surface area contributed by atoms with E-state index in [0.29, 0.717) is 6.04 Å². The first-order valence-electron chi connectivity index (χ1n) is 5.50. The summed E-state index contributed by atoms with van der Waals surface area (Å²) in [5.41, 5.74) is 9.08. The quantitative estimate of drug-likeness (QED) is 0.713. The zero-order valence-corrected chi connectivity index (χ0v) is 10.9. The first-order chi connectivity index (χ1) is 7.68. The van der Waals surface area contributed by atoms with Crippen molar-refractivity contribution < 1.29 is 17.0 Å². The highest BCUT2D eigenvalue weighted by Gasteiger charge is 2.14. The summed E-state index contributed by atoms with van der Waals surface area (Å²) >= 11 is 0. The van der Waals surface area contributed by atoms with E-state index in [-0.39, 0.29) is 12.4 Å². The van der Waals surface area contributed by atoms with E-state index in [1.807, 2.05) is 25.3 Å². The fourth-order valence-electron chi connectivity index (χ4n) is 1.78. The number of aromatic nitrogens is 1. The van der Waals surface area contributed by atoms with Gasteiger partial charge in [-0.05, 0) is 6.92 Å². The molecule has 90 valence electrons. The number of anilines is 1. The monoisotopic (exact) mass is 248 g/mol. The minimum absolute atomic E-state index is 0. The van der Waals surface area contributed by atoms with Crippen LogP contribution in [0.15, 0.2) is 48.8 Å². The molecule has 2 nitrogen and oxygen atoms in total. The summed E-state index contributed by atoms with van der Waals surface area (Å²) in [4.78, 5) is 0. The van der Waals surface area contributed by atoms with Crippen LogP contribution in [0.5, 0.6) is 0 Å². The summed E-state index contributed by atoms with van der Waals surface area (Å²) < 4.78 is 2.18. The van der Waals surface area contributed by atoms with E-state index in [2.05, 4.69) is 42.0 Å². The van der Waals surface area contributed by atoms with E-state index >= 15 is 0 Å². The van der Waals surface area contributed by atoms with Gasteiger partial charge in [0.15, 0.2) is 18.4 Å². The smallest absolute Gasteiger partial charge is 0.180 e. The van der Waals surface area contributed by atoms with Gasteiger partial charge < -0.3 is 18.1 Å². The average molecular weight is 249 g/mol. The van der Waals surface area contributed by atoms with Crippen LogP contribution in [0.2, 0.25) is 0 Å². The van der Waals surface area contributed by atoms with Gasteiger partial charge in [0.05, 0.1) is 0 Å². The molecule has 0 aliphatic carbocycles. The number of hydrogen-bond acceptors (Lipinski definition) is 1. The van der Waals surface area contributed by atoms with Gasteiger partial charge in [-0.2, -0.15) is 4.57 Å². The van der Waals surface area contributed by atoms with E-state index in [0.717, 1.165) is 11.3 Å². The Hall–Kier alpha value is -1.54. The third kappa shape index (κ3) is 2.98. The number of hydrogen-bond donors (Lipinski definition) is 1. The molecule has 0 spiro atoms. The predicted octanol–water partition coefficient (Wildman–Crippen LogP) is -0.522. The molecule has 2 aromatic rings. The van der Waals surface area contributed by atoms with Gasteiger partial charge in [0.25, 0.3) is 0 Å². The Kier molecular flexibility index (Phi) is 4.53. The van der Waals surface area contributed by atoms with Crippen LogP contribution < -0.4 is 22.7 Å². The van der Waals surface area contributed by atoms with Crippen LogP contribution in [0.4, 0.5) is 5.69 Å². The average Bonchev–Trinajstić information content (AvgIpc) is 2.33. The second-order valence-electron chi connectivity index (χ2n) is 4.12. The Morgan fingerprint density at radius 1 is 1.12 bits per heavy atom. The highest BCUT2D eigenvalue weighted by atomic mass is 35.5. The lowest BCUT2D eigenvalue weighted by Crippen LogP contribution is -3.00. The molecule has 0 amide bonds. The van der Waals surface area contributed by atoms with E-state index in [4.69, 9.17) is 5.73 Å². The first kappa shape index (κ1) is 13.5. The molecular formula is C14H17ClN2. The molecule has 0 radical (unpaired) electrons. The number of nitrogen functional groups attached to an aromatic ring is 1. The summed E-state index contributed by atoms with van der Waals surface area (Å²) in [5.74, 6) is 0. The molecule has 0 bridgehead atoms. The number of nitrogens with zero attached hydrogens (tertiary/aromatic N) is 1. The molecule has 2 rings (SSSR count). The van der Waals surface area contributed by atoms with Gasteiger partial charge in [-0.1, -0.05) is 30.3 Å². The van der Waals surface area contributed by atoms with Crippen molar-refractivity contribution in [2.45, 2.75) is 19.9 Å². The number of halogens is 1. The minimum Gasteiger partial charge on any atom is -1.00 e. The van der Waals surface area contributed by atoms with Crippen LogP contribution in [-0.2, 0) is 0 Å². The van der Waals surface area contributed by atoms with Crippen molar-refractivity contribution >= 4 is 5.69 Å². The van der Waals surface area contributed by atoms with E-state index in [1.165, 1.54) is 5.56 Å². The molecule has 1 heterocycles. The topological polar surface area (TPSA) is 29.9 Å². The van der Waals surface area contributed by atoms with Crippen LogP contribution in [0.3, 0.4) is 0 Å². The van der Waals surface area contributed by atoms with Crippen molar-refractivity contribution in [3.8, 4) is 0 Å². The molecule has 0 aliphatic heterocycles. The number of nitrogens with two attached hydrogens (primary N) is 1. The first-order valence-corrected chi connectivity index (χ1v) is 5.50. The van der Waals surface area contributed by atoms with E-state index in [1.54, 1.807) is 0 Å². The number of pyridine rings is 1. The molecule has 1 unspecified atom stereocenters. The zero-order valence-electron chi connectivity index (χ0n) is 10.1. The van der Waals surface area contributed by atoms with Gasteiger partial charge in [0.2, 0.25) is 0 Å². The van der Waals surface area contributed by atoms with Gasteiger partial charge in [-0.25, -0.2) is 0 Å². The van der Waals surface area contributed by atoms with Gasteiger partial charge >= 0.3 is 0 Å². The van der Waals surface area contributed by atoms with Crippen molar-refractivity contribution in [2.24, 2.45) is 0 Å². The van der Waals surface area contributed by atoms with Gasteiger partial charge in [-0.15, -0.1) is 0 Å². The lowest BCUT2D eigenvalue weighted by atomic mass is 10.1. The second-order valence-corrected chi connectivity index (χ2v) is 4.12. The van der Waals surface area contributed by atoms with Crippen molar-refractivity contribution in [2.75, 3.05) is 5.73 Å².